The van der Waals surface area contributed by atoms with Gasteiger partial charge < -0.3 is 30.4 Å². The summed E-state index contributed by atoms with van der Waals surface area (Å²) in [5.41, 5.74) is 1.46. The number of carbonyl (C=O) groups is 5. The van der Waals surface area contributed by atoms with Gasteiger partial charge in [0.2, 0.25) is 23.5 Å². The quantitative estimate of drug-likeness (QED) is 0.256. The molecule has 0 bridgehead atoms. The van der Waals surface area contributed by atoms with Crippen LogP contribution in [0.3, 0.4) is 0 Å². The van der Waals surface area contributed by atoms with E-state index in [-0.39, 0.29) is 43.0 Å². The number of aryl methyl sites for hydroxylation is 1. The van der Waals surface area contributed by atoms with Gasteiger partial charge in [-0.25, -0.2) is 0 Å². The molecule has 6 rings (SSSR count). The molecule has 3 N–H and O–H groups in total. The lowest BCUT2D eigenvalue weighted by Gasteiger charge is -2.35. The van der Waals surface area contributed by atoms with Crippen LogP contribution in [0.4, 0.5) is 0 Å². The second-order valence-electron chi connectivity index (χ2n) is 16.1. The van der Waals surface area contributed by atoms with Gasteiger partial charge in [0, 0.05) is 31.4 Å². The zero-order valence-corrected chi connectivity index (χ0v) is 32.0. The van der Waals surface area contributed by atoms with Crippen LogP contribution in [-0.2, 0) is 28.8 Å². The van der Waals surface area contributed by atoms with Gasteiger partial charge in [0.15, 0.2) is 5.60 Å². The fraction of sp³-hybridized carbons (Fsp3) is 0.550. The zero-order valence-electron chi connectivity index (χ0n) is 31.3. The van der Waals surface area contributed by atoms with Crippen LogP contribution in [0.25, 0.3) is 0 Å². The maximum atomic E-state index is 14.8. The molecule has 1 saturated heterocycles. The molecule has 1 spiro atoms. The highest BCUT2D eigenvalue weighted by Gasteiger charge is 2.56. The van der Waals surface area contributed by atoms with E-state index < -0.39 is 52.6 Å². The summed E-state index contributed by atoms with van der Waals surface area (Å²) in [6.45, 7) is 9.86. The predicted molar refractivity (Wildman–Crippen MR) is 199 cm³/mol. The Kier molecular flexibility index (Phi) is 10.9. The molecule has 3 fully saturated rings. The Morgan fingerprint density at radius 1 is 1.08 bits per heavy atom. The number of halogens is 1. The number of amides is 4. The van der Waals surface area contributed by atoms with E-state index in [1.54, 1.807) is 6.07 Å². The summed E-state index contributed by atoms with van der Waals surface area (Å²) in [5.74, 6) is -2.13. The average Bonchev–Trinajstić information content (AvgIpc) is 4.05. The number of benzene rings is 2. The standard InChI is InChI=1S/C40H50ClN5O7/c1-7-52-33-22(2)15-25(17-28(33)41)30-19-40(53-45-30)20-31(36(49)43-29(16-23-13-14-23)32(47)37(50)42-6)46(21-40)38(51)34(39(3,4)5)44-35(48)27-18-26(27)24-11-9-8-10-12-24/h8-12,15,17,23,26-27,29,31,34H,7,13-14,16,18-21H2,1-6H3,(H,42,50)(H,43,49)(H,44,48)/t26-,27+,29-,31-,34+,40+/m0/s1. The van der Waals surface area contributed by atoms with E-state index in [1.165, 1.54) is 11.9 Å². The molecule has 13 heteroatoms. The number of Topliss-reactive ketones (excluding diaryl/α,β-unsaturated/α-hetero) is 1. The van der Waals surface area contributed by atoms with Crippen molar-refractivity contribution in [3.05, 3.63) is 64.2 Å². The summed E-state index contributed by atoms with van der Waals surface area (Å²) in [5, 5.41) is 13.1. The molecule has 2 aliphatic heterocycles. The van der Waals surface area contributed by atoms with Gasteiger partial charge in [-0.15, -0.1) is 0 Å². The molecule has 12 nitrogen and oxygen atoms in total. The summed E-state index contributed by atoms with van der Waals surface area (Å²) in [6, 6.07) is 10.4. The maximum absolute atomic E-state index is 14.8. The van der Waals surface area contributed by atoms with Crippen LogP contribution >= 0.6 is 11.6 Å². The van der Waals surface area contributed by atoms with E-state index in [9.17, 15) is 24.0 Å². The van der Waals surface area contributed by atoms with Gasteiger partial charge in [0.1, 0.15) is 17.8 Å². The molecule has 2 aromatic carbocycles. The Hall–Kier alpha value is -4.45. The molecule has 0 unspecified atom stereocenters. The first-order valence-corrected chi connectivity index (χ1v) is 18.9. The van der Waals surface area contributed by atoms with Crippen molar-refractivity contribution in [1.29, 1.82) is 0 Å². The minimum absolute atomic E-state index is 0.00979. The zero-order chi connectivity index (χ0) is 38.2. The molecule has 2 aliphatic carbocycles. The topological polar surface area (TPSA) is 156 Å². The number of oxime groups is 1. The molecule has 4 aliphatic rings. The molecule has 284 valence electrons. The van der Waals surface area contributed by atoms with Crippen molar-refractivity contribution in [2.24, 2.45) is 22.4 Å². The third-order valence-corrected chi connectivity index (χ3v) is 11.1. The van der Waals surface area contributed by atoms with Gasteiger partial charge in [-0.2, -0.15) is 0 Å². The van der Waals surface area contributed by atoms with Gasteiger partial charge in [0.05, 0.1) is 29.9 Å². The number of likely N-dealkylation sites (N-methyl/N-ethyl adjacent to an activating group) is 1. The van der Waals surface area contributed by atoms with Gasteiger partial charge in [0.25, 0.3) is 5.91 Å². The summed E-state index contributed by atoms with van der Waals surface area (Å²) < 4.78 is 5.71. The number of rotatable bonds is 13. The molecule has 0 radical (unpaired) electrons. The minimum Gasteiger partial charge on any atom is -0.492 e. The fourth-order valence-electron chi connectivity index (χ4n) is 7.59. The van der Waals surface area contributed by atoms with Crippen LogP contribution in [0.5, 0.6) is 5.75 Å². The fourth-order valence-corrected chi connectivity index (χ4v) is 7.91. The average molecular weight is 748 g/mol. The van der Waals surface area contributed by atoms with Crippen LogP contribution < -0.4 is 20.7 Å². The molecule has 0 aromatic heterocycles. The van der Waals surface area contributed by atoms with Crippen molar-refractivity contribution < 1.29 is 33.5 Å². The minimum atomic E-state index is -1.07. The predicted octanol–water partition coefficient (Wildman–Crippen LogP) is 4.45. The second kappa shape index (κ2) is 15.1. The number of hydrogen-bond acceptors (Lipinski definition) is 8. The van der Waals surface area contributed by atoms with Crippen LogP contribution in [-0.4, -0.2) is 83.9 Å². The van der Waals surface area contributed by atoms with Crippen molar-refractivity contribution in [2.75, 3.05) is 20.2 Å². The van der Waals surface area contributed by atoms with Crippen LogP contribution in [0.15, 0.2) is 47.6 Å². The number of nitrogens with one attached hydrogen (secondary N) is 3. The summed E-state index contributed by atoms with van der Waals surface area (Å²) in [6.07, 6.45) is 3.19. The Labute approximate surface area is 315 Å². The Morgan fingerprint density at radius 3 is 2.42 bits per heavy atom. The lowest BCUT2D eigenvalue weighted by Crippen LogP contribution is -2.59. The first-order valence-electron chi connectivity index (χ1n) is 18.5. The van der Waals surface area contributed by atoms with E-state index in [2.05, 4.69) is 21.1 Å². The van der Waals surface area contributed by atoms with Gasteiger partial charge in [-0.05, 0) is 67.2 Å². The van der Waals surface area contributed by atoms with Crippen LogP contribution in [0.1, 0.15) is 88.8 Å². The Bertz CT molecular complexity index is 1780. The lowest BCUT2D eigenvalue weighted by atomic mass is 9.85. The first-order chi connectivity index (χ1) is 25.1. The lowest BCUT2D eigenvalue weighted by molar-refractivity contribution is -0.145. The molecule has 2 aromatic rings. The van der Waals surface area contributed by atoms with E-state index in [0.29, 0.717) is 35.9 Å². The third-order valence-electron chi connectivity index (χ3n) is 10.8. The Morgan fingerprint density at radius 2 is 1.79 bits per heavy atom. The number of ketones is 1. The van der Waals surface area contributed by atoms with E-state index >= 15 is 0 Å². The third kappa shape index (κ3) is 8.37. The highest BCUT2D eigenvalue weighted by Crippen LogP contribution is 2.48. The molecular weight excluding hydrogens is 698 g/mol. The van der Waals surface area contributed by atoms with Crippen LogP contribution in [0, 0.1) is 24.2 Å². The molecule has 4 amide bonds. The first kappa shape index (κ1) is 38.3. The normalized spacial score (nSPS) is 24.5. The van der Waals surface area contributed by atoms with E-state index in [1.807, 2.05) is 71.0 Å². The van der Waals surface area contributed by atoms with Gasteiger partial charge >= 0.3 is 0 Å². The maximum Gasteiger partial charge on any atom is 0.289 e. The Balaban J connectivity index is 1.26. The van der Waals surface area contributed by atoms with Gasteiger partial charge in [-0.3, -0.25) is 24.0 Å². The van der Waals surface area contributed by atoms with Crippen molar-refractivity contribution in [1.82, 2.24) is 20.9 Å². The van der Waals surface area contributed by atoms with E-state index in [0.717, 1.165) is 29.5 Å². The monoisotopic (exact) mass is 747 g/mol. The van der Waals surface area contributed by atoms with Crippen molar-refractivity contribution >= 4 is 46.7 Å². The molecular formula is C40H50ClN5O7. The van der Waals surface area contributed by atoms with Gasteiger partial charge in [-0.1, -0.05) is 80.7 Å². The SMILES string of the molecule is CCOc1c(C)cc(C2=NO[C@]3(C2)C[C@@H](C(=O)N[C@@H](CC2CC2)C(=O)C(=O)NC)N(C(=O)[C@@H](NC(=O)[C@@H]2C[C@H]2c2ccccc2)C(C)(C)C)C3)cc1Cl. The molecule has 2 heterocycles. The van der Waals surface area contributed by atoms with Crippen molar-refractivity contribution in [3.63, 3.8) is 0 Å². The smallest absolute Gasteiger partial charge is 0.289 e. The van der Waals surface area contributed by atoms with Crippen LogP contribution in [0.2, 0.25) is 5.02 Å². The summed E-state index contributed by atoms with van der Waals surface area (Å²) in [7, 11) is 1.37. The van der Waals surface area contributed by atoms with Crippen molar-refractivity contribution in [3.8, 4) is 5.75 Å². The molecule has 53 heavy (non-hydrogen) atoms. The number of ether oxygens (including phenoxy) is 1. The van der Waals surface area contributed by atoms with E-state index in [4.69, 9.17) is 21.2 Å². The number of hydrogen-bond donors (Lipinski definition) is 3. The summed E-state index contributed by atoms with van der Waals surface area (Å²) in [4.78, 5) is 75.8. The number of likely N-dealkylation sites (tertiary alicyclic amines) is 1. The highest BCUT2D eigenvalue weighted by atomic mass is 35.5. The molecule has 2 saturated carbocycles. The second-order valence-corrected chi connectivity index (χ2v) is 16.5. The summed E-state index contributed by atoms with van der Waals surface area (Å²) >= 11 is 6.59. The number of carbonyl (C=O) groups excluding carboxylic acids is 5. The highest BCUT2D eigenvalue weighted by molar-refractivity contribution is 6.38. The molecule has 6 atom stereocenters. The largest absolute Gasteiger partial charge is 0.492 e. The van der Waals surface area contributed by atoms with Crippen molar-refractivity contribution in [2.45, 2.75) is 103 Å². The number of nitrogens with zero attached hydrogens (tertiary/aromatic N) is 2.